The second-order valence-electron chi connectivity index (χ2n) is 5.56. The number of fused-ring (bicyclic) bond motifs is 1. The van der Waals surface area contributed by atoms with E-state index in [1.807, 2.05) is 0 Å². The number of nitrogens with one attached hydrogen (secondary N) is 1. The van der Waals surface area contributed by atoms with Crippen molar-refractivity contribution in [3.8, 4) is 11.5 Å². The van der Waals surface area contributed by atoms with Crippen LogP contribution in [0.5, 0.6) is 11.5 Å². The van der Waals surface area contributed by atoms with Crippen molar-refractivity contribution in [3.63, 3.8) is 0 Å². The van der Waals surface area contributed by atoms with Gasteiger partial charge < -0.3 is 19.5 Å². The summed E-state index contributed by atoms with van der Waals surface area (Å²) in [6, 6.07) is 9.27. The summed E-state index contributed by atoms with van der Waals surface area (Å²) in [5, 5.41) is 2.50. The molecule has 1 amide bonds. The molecule has 0 radical (unpaired) electrons. The fourth-order valence-electron chi connectivity index (χ4n) is 2.28. The Labute approximate surface area is 149 Å². The minimum Gasteiger partial charge on any atom is -0.454 e. The molecule has 7 heteroatoms. The van der Waals surface area contributed by atoms with E-state index in [1.54, 1.807) is 37.3 Å². The normalized spacial score (nSPS) is 12.2. The molecule has 1 aliphatic rings. The molecule has 2 aromatic rings. The van der Waals surface area contributed by atoms with Crippen molar-refractivity contribution in [1.29, 1.82) is 0 Å². The number of carbonyl (C=O) groups is 2. The lowest BCUT2D eigenvalue weighted by molar-refractivity contribution is -0.142. The first-order chi connectivity index (χ1) is 12.5. The van der Waals surface area contributed by atoms with Crippen LogP contribution in [0.15, 0.2) is 42.5 Å². The molecule has 1 N–H and O–H groups in total. The maximum Gasteiger partial charge on any atom is 0.331 e. The van der Waals surface area contributed by atoms with Crippen LogP contribution in [0.2, 0.25) is 0 Å². The van der Waals surface area contributed by atoms with Crippen LogP contribution >= 0.6 is 0 Å². The summed E-state index contributed by atoms with van der Waals surface area (Å²) in [4.78, 5) is 23.5. The van der Waals surface area contributed by atoms with E-state index in [1.165, 1.54) is 18.2 Å². The van der Waals surface area contributed by atoms with E-state index >= 15 is 0 Å². The topological polar surface area (TPSA) is 73.9 Å². The van der Waals surface area contributed by atoms with Crippen molar-refractivity contribution in [2.24, 2.45) is 0 Å². The highest BCUT2D eigenvalue weighted by Crippen LogP contribution is 2.32. The third-order valence-electron chi connectivity index (χ3n) is 3.63. The smallest absolute Gasteiger partial charge is 0.331 e. The average molecular weight is 357 g/mol. The van der Waals surface area contributed by atoms with Crippen molar-refractivity contribution in [1.82, 2.24) is 0 Å². The maximum absolute atomic E-state index is 13.2. The van der Waals surface area contributed by atoms with Crippen LogP contribution in [0.3, 0.4) is 0 Å². The molecule has 0 aromatic heterocycles. The van der Waals surface area contributed by atoms with E-state index in [-0.39, 0.29) is 6.79 Å². The number of benzene rings is 2. The van der Waals surface area contributed by atoms with Gasteiger partial charge in [-0.1, -0.05) is 12.1 Å². The molecule has 1 heterocycles. The number of carbonyl (C=O) groups excluding carboxylic acids is 2. The lowest BCUT2D eigenvalue weighted by Gasteiger charge is -2.08. The highest BCUT2D eigenvalue weighted by molar-refractivity contribution is 5.95. The largest absolute Gasteiger partial charge is 0.454 e. The van der Waals surface area contributed by atoms with Gasteiger partial charge in [0.2, 0.25) is 6.79 Å². The molecule has 0 spiro atoms. The van der Waals surface area contributed by atoms with E-state index < -0.39 is 24.3 Å². The van der Waals surface area contributed by atoms with Gasteiger partial charge in [0.15, 0.2) is 18.1 Å². The first kappa shape index (κ1) is 17.5. The van der Waals surface area contributed by atoms with E-state index in [4.69, 9.17) is 14.2 Å². The molecule has 0 fully saturated rings. The first-order valence-electron chi connectivity index (χ1n) is 7.82. The van der Waals surface area contributed by atoms with Gasteiger partial charge in [-0.3, -0.25) is 4.79 Å². The van der Waals surface area contributed by atoms with Crippen LogP contribution in [-0.4, -0.2) is 25.3 Å². The predicted molar refractivity (Wildman–Crippen MR) is 92.3 cm³/mol. The Morgan fingerprint density at radius 2 is 2.00 bits per heavy atom. The van der Waals surface area contributed by atoms with Crippen molar-refractivity contribution >= 4 is 23.6 Å². The fraction of sp³-hybridized carbons (Fsp3) is 0.158. The Kier molecular flexibility index (Phi) is 5.17. The molecule has 2 aromatic carbocycles. The number of halogens is 1. The number of rotatable bonds is 5. The van der Waals surface area contributed by atoms with Gasteiger partial charge in [0, 0.05) is 11.8 Å². The van der Waals surface area contributed by atoms with Gasteiger partial charge in [-0.25, -0.2) is 9.18 Å². The van der Waals surface area contributed by atoms with Gasteiger partial charge in [-0.05, 0) is 48.4 Å². The molecule has 6 nitrogen and oxygen atoms in total. The number of anilines is 1. The standard InChI is InChI=1S/C19H16FNO5/c1-12-2-5-14(20)9-15(12)21-18(22)10-24-19(23)7-4-13-3-6-16-17(8-13)26-11-25-16/h2-9H,10-11H2,1H3,(H,21,22)/b7-4+. The summed E-state index contributed by atoms with van der Waals surface area (Å²) in [7, 11) is 0. The molecule has 3 rings (SSSR count). The number of aryl methyl sites for hydroxylation is 1. The molecule has 134 valence electrons. The van der Waals surface area contributed by atoms with Crippen molar-refractivity contribution in [3.05, 3.63) is 59.4 Å². The summed E-state index contributed by atoms with van der Waals surface area (Å²) >= 11 is 0. The Balaban J connectivity index is 1.50. The molecule has 0 saturated carbocycles. The van der Waals surface area contributed by atoms with Gasteiger partial charge in [-0.2, -0.15) is 0 Å². The van der Waals surface area contributed by atoms with Crippen LogP contribution < -0.4 is 14.8 Å². The quantitative estimate of drug-likeness (QED) is 0.658. The Morgan fingerprint density at radius 3 is 2.85 bits per heavy atom. The molecule has 0 unspecified atom stereocenters. The van der Waals surface area contributed by atoms with Crippen molar-refractivity contribution < 1.29 is 28.2 Å². The molecular weight excluding hydrogens is 341 g/mol. The van der Waals surface area contributed by atoms with Gasteiger partial charge in [-0.15, -0.1) is 0 Å². The second kappa shape index (κ2) is 7.69. The first-order valence-corrected chi connectivity index (χ1v) is 7.82. The third-order valence-corrected chi connectivity index (χ3v) is 3.63. The monoisotopic (exact) mass is 357 g/mol. The zero-order valence-electron chi connectivity index (χ0n) is 14.0. The van der Waals surface area contributed by atoms with Crippen LogP contribution in [0.4, 0.5) is 10.1 Å². The zero-order valence-corrected chi connectivity index (χ0v) is 14.0. The van der Waals surface area contributed by atoms with E-state index in [0.717, 1.165) is 5.56 Å². The molecule has 0 saturated heterocycles. The predicted octanol–water partition coefficient (Wildman–Crippen LogP) is 3.06. The van der Waals surface area contributed by atoms with Crippen LogP contribution in [0.25, 0.3) is 6.08 Å². The lowest BCUT2D eigenvalue weighted by atomic mass is 10.2. The van der Waals surface area contributed by atoms with Gasteiger partial charge in [0.25, 0.3) is 5.91 Å². The lowest BCUT2D eigenvalue weighted by Crippen LogP contribution is -2.20. The number of hydrogen-bond donors (Lipinski definition) is 1. The molecular formula is C19H16FNO5. The summed E-state index contributed by atoms with van der Waals surface area (Å²) in [6.07, 6.45) is 2.75. The van der Waals surface area contributed by atoms with E-state index in [2.05, 4.69) is 5.32 Å². The SMILES string of the molecule is Cc1ccc(F)cc1NC(=O)COC(=O)/C=C/c1ccc2c(c1)OCO2. The molecule has 26 heavy (non-hydrogen) atoms. The Morgan fingerprint density at radius 1 is 1.19 bits per heavy atom. The average Bonchev–Trinajstić information content (AvgIpc) is 3.09. The minimum absolute atomic E-state index is 0.171. The zero-order chi connectivity index (χ0) is 18.5. The highest BCUT2D eigenvalue weighted by Gasteiger charge is 2.12. The molecule has 1 aliphatic heterocycles. The second-order valence-corrected chi connectivity index (χ2v) is 5.56. The highest BCUT2D eigenvalue weighted by atomic mass is 19.1. The Bertz CT molecular complexity index is 878. The van der Waals surface area contributed by atoms with Gasteiger partial charge in [0.1, 0.15) is 5.82 Å². The summed E-state index contributed by atoms with van der Waals surface area (Å²) in [5.41, 5.74) is 1.77. The molecule has 0 aliphatic carbocycles. The number of esters is 1. The van der Waals surface area contributed by atoms with Crippen molar-refractivity contribution in [2.45, 2.75) is 6.92 Å². The number of hydrogen-bond acceptors (Lipinski definition) is 5. The summed E-state index contributed by atoms with van der Waals surface area (Å²) in [5.74, 6) is -0.439. The number of ether oxygens (including phenoxy) is 3. The van der Waals surface area contributed by atoms with E-state index in [0.29, 0.717) is 22.7 Å². The van der Waals surface area contributed by atoms with E-state index in [9.17, 15) is 14.0 Å². The van der Waals surface area contributed by atoms with Crippen LogP contribution in [0.1, 0.15) is 11.1 Å². The Hall–Kier alpha value is -3.35. The maximum atomic E-state index is 13.2. The van der Waals surface area contributed by atoms with Crippen LogP contribution in [-0.2, 0) is 14.3 Å². The molecule has 0 bridgehead atoms. The summed E-state index contributed by atoms with van der Waals surface area (Å²) in [6.45, 7) is 1.43. The van der Waals surface area contributed by atoms with Gasteiger partial charge >= 0.3 is 5.97 Å². The van der Waals surface area contributed by atoms with Crippen LogP contribution in [0, 0.1) is 12.7 Å². The fourth-order valence-corrected chi connectivity index (χ4v) is 2.28. The summed E-state index contributed by atoms with van der Waals surface area (Å²) < 4.78 is 28.5. The van der Waals surface area contributed by atoms with Crippen molar-refractivity contribution in [2.75, 3.05) is 18.7 Å². The third kappa shape index (κ3) is 4.38. The van der Waals surface area contributed by atoms with Gasteiger partial charge in [0.05, 0.1) is 0 Å². The number of amides is 1. The molecule has 0 atom stereocenters. The minimum atomic E-state index is -0.672.